The number of unbranched alkanes of at least 4 members (excludes halogenated alkanes) is 1. The smallest absolute Gasteiger partial charge is 0.259 e. The largest absolute Gasteiger partial charge is 0.322 e. The molecule has 0 aliphatic rings. The number of amides is 1. The van der Waals surface area contributed by atoms with Crippen LogP contribution < -0.4 is 10.0 Å². The van der Waals surface area contributed by atoms with Gasteiger partial charge in [-0.1, -0.05) is 37.1 Å². The van der Waals surface area contributed by atoms with Crippen molar-refractivity contribution in [2.45, 2.75) is 45.3 Å². The summed E-state index contributed by atoms with van der Waals surface area (Å²) in [7, 11) is -3.66. The molecule has 0 bridgehead atoms. The lowest BCUT2D eigenvalue weighted by Crippen LogP contribution is -2.25. The van der Waals surface area contributed by atoms with Crippen LogP contribution in [-0.4, -0.2) is 24.6 Å². The molecule has 6 nitrogen and oxygen atoms in total. The fraction of sp³-hybridized carbons (Fsp3) is 0.368. The Morgan fingerprint density at radius 3 is 2.41 bits per heavy atom. The summed E-state index contributed by atoms with van der Waals surface area (Å²) in [4.78, 5) is 16.6. The summed E-state index contributed by atoms with van der Waals surface area (Å²) in [5.41, 5.74) is 1.92. The molecule has 2 N–H and O–H groups in total. The van der Waals surface area contributed by atoms with Crippen LogP contribution in [0.15, 0.2) is 36.4 Å². The quantitative estimate of drug-likeness (QED) is 0.629. The maximum Gasteiger partial charge on any atom is 0.259 e. The van der Waals surface area contributed by atoms with Gasteiger partial charge in [0, 0.05) is 5.69 Å². The summed E-state index contributed by atoms with van der Waals surface area (Å²) in [5.74, 6) is -0.560. The second-order valence-corrected chi connectivity index (χ2v) is 9.10. The summed E-state index contributed by atoms with van der Waals surface area (Å²) in [6, 6.07) is 10.5. The Morgan fingerprint density at radius 1 is 1.15 bits per heavy atom. The monoisotopic (exact) mass is 409 g/mol. The molecule has 0 aliphatic carbocycles. The standard InChI is InChI=1S/C19H24ClN3O3S/c1-4-5-6-14-7-9-15(10-8-14)21-19(24)16-11-12-17(20)22-18(16)23-27(25,26)13(2)3/h7-13H,4-6H2,1-3H3,(H,21,24)(H,22,23). The lowest BCUT2D eigenvalue weighted by molar-refractivity contribution is 0.102. The Morgan fingerprint density at radius 2 is 1.81 bits per heavy atom. The molecular formula is C19H24ClN3O3S. The highest BCUT2D eigenvalue weighted by atomic mass is 35.5. The van der Waals surface area contributed by atoms with Crippen molar-refractivity contribution < 1.29 is 13.2 Å². The molecule has 1 aromatic carbocycles. The van der Waals surface area contributed by atoms with Crippen molar-refractivity contribution in [3.8, 4) is 0 Å². The zero-order valence-electron chi connectivity index (χ0n) is 15.6. The first-order valence-electron chi connectivity index (χ1n) is 8.81. The van der Waals surface area contributed by atoms with Crippen LogP contribution in [0, 0.1) is 0 Å². The van der Waals surface area contributed by atoms with Crippen LogP contribution in [0.25, 0.3) is 0 Å². The molecule has 27 heavy (non-hydrogen) atoms. The summed E-state index contributed by atoms with van der Waals surface area (Å²) in [6.45, 7) is 5.21. The Balaban J connectivity index is 2.21. The number of carbonyl (C=O) groups excluding carboxylic acids is 1. The van der Waals surface area contributed by atoms with Crippen molar-refractivity contribution in [3.05, 3.63) is 52.7 Å². The van der Waals surface area contributed by atoms with Gasteiger partial charge in [-0.2, -0.15) is 0 Å². The van der Waals surface area contributed by atoms with Gasteiger partial charge < -0.3 is 5.32 Å². The Labute approximate surface area is 165 Å². The van der Waals surface area contributed by atoms with E-state index in [0.717, 1.165) is 19.3 Å². The first-order chi connectivity index (χ1) is 12.7. The number of aromatic nitrogens is 1. The first-order valence-corrected chi connectivity index (χ1v) is 10.7. The number of nitrogens with zero attached hydrogens (tertiary/aromatic N) is 1. The zero-order valence-corrected chi connectivity index (χ0v) is 17.2. The molecule has 0 atom stereocenters. The molecule has 1 amide bonds. The SMILES string of the molecule is CCCCc1ccc(NC(=O)c2ccc(Cl)nc2NS(=O)(=O)C(C)C)cc1. The molecule has 146 valence electrons. The third-order valence-electron chi connectivity index (χ3n) is 4.00. The van der Waals surface area contributed by atoms with Crippen LogP contribution in [-0.2, 0) is 16.4 Å². The fourth-order valence-corrected chi connectivity index (χ4v) is 3.09. The van der Waals surface area contributed by atoms with Gasteiger partial charge in [0.2, 0.25) is 10.0 Å². The number of halogens is 1. The summed E-state index contributed by atoms with van der Waals surface area (Å²) >= 11 is 5.87. The van der Waals surface area contributed by atoms with Gasteiger partial charge in [-0.3, -0.25) is 9.52 Å². The average Bonchev–Trinajstić information content (AvgIpc) is 2.60. The van der Waals surface area contributed by atoms with E-state index in [0.29, 0.717) is 5.69 Å². The number of hydrogen-bond donors (Lipinski definition) is 2. The van der Waals surface area contributed by atoms with Crippen LogP contribution >= 0.6 is 11.6 Å². The predicted octanol–water partition coefficient (Wildman–Crippen LogP) is 4.48. The number of carbonyl (C=O) groups is 1. The molecule has 2 rings (SSSR count). The summed E-state index contributed by atoms with van der Waals surface area (Å²) in [6.07, 6.45) is 3.23. The minimum absolute atomic E-state index is 0.0896. The minimum Gasteiger partial charge on any atom is -0.322 e. The predicted molar refractivity (Wildman–Crippen MR) is 110 cm³/mol. The van der Waals surface area contributed by atoms with E-state index < -0.39 is 21.2 Å². The van der Waals surface area contributed by atoms with Gasteiger partial charge in [0.15, 0.2) is 5.82 Å². The maximum absolute atomic E-state index is 12.6. The number of sulfonamides is 1. The van der Waals surface area contributed by atoms with Crippen molar-refractivity contribution >= 4 is 39.0 Å². The van der Waals surface area contributed by atoms with E-state index in [9.17, 15) is 13.2 Å². The third kappa shape index (κ3) is 5.94. The highest BCUT2D eigenvalue weighted by Gasteiger charge is 2.21. The molecule has 0 spiro atoms. The fourth-order valence-electron chi connectivity index (χ4n) is 2.28. The van der Waals surface area contributed by atoms with Gasteiger partial charge in [-0.25, -0.2) is 13.4 Å². The van der Waals surface area contributed by atoms with Crippen molar-refractivity contribution in [1.29, 1.82) is 0 Å². The average molecular weight is 410 g/mol. The molecule has 8 heteroatoms. The van der Waals surface area contributed by atoms with Crippen molar-refractivity contribution in [1.82, 2.24) is 4.98 Å². The van der Waals surface area contributed by atoms with E-state index in [4.69, 9.17) is 11.6 Å². The van der Waals surface area contributed by atoms with E-state index in [1.165, 1.54) is 31.5 Å². The molecule has 2 aromatic rings. The van der Waals surface area contributed by atoms with Crippen LogP contribution in [0.1, 0.15) is 49.5 Å². The number of rotatable bonds is 8. The van der Waals surface area contributed by atoms with E-state index in [2.05, 4.69) is 21.9 Å². The van der Waals surface area contributed by atoms with Gasteiger partial charge in [0.05, 0.1) is 10.8 Å². The minimum atomic E-state index is -3.66. The van der Waals surface area contributed by atoms with Gasteiger partial charge in [-0.05, 0) is 56.5 Å². The number of hydrogen-bond acceptors (Lipinski definition) is 4. The summed E-state index contributed by atoms with van der Waals surface area (Å²) < 4.78 is 26.6. The van der Waals surface area contributed by atoms with Crippen molar-refractivity contribution in [2.75, 3.05) is 10.0 Å². The Hall–Kier alpha value is -2.12. The van der Waals surface area contributed by atoms with Gasteiger partial charge >= 0.3 is 0 Å². The normalized spacial score (nSPS) is 11.4. The summed E-state index contributed by atoms with van der Waals surface area (Å²) in [5, 5.41) is 2.17. The highest BCUT2D eigenvalue weighted by Crippen LogP contribution is 2.21. The molecule has 1 aromatic heterocycles. The van der Waals surface area contributed by atoms with E-state index in [-0.39, 0.29) is 16.5 Å². The molecule has 0 aliphatic heterocycles. The lowest BCUT2D eigenvalue weighted by Gasteiger charge is -2.14. The van der Waals surface area contributed by atoms with Gasteiger partial charge in [0.25, 0.3) is 5.91 Å². The maximum atomic E-state index is 12.6. The van der Waals surface area contributed by atoms with E-state index in [1.54, 1.807) is 0 Å². The number of anilines is 2. The van der Waals surface area contributed by atoms with Crippen LogP contribution in [0.4, 0.5) is 11.5 Å². The lowest BCUT2D eigenvalue weighted by atomic mass is 10.1. The number of pyridine rings is 1. The molecule has 0 saturated heterocycles. The zero-order chi connectivity index (χ0) is 20.0. The molecule has 0 radical (unpaired) electrons. The highest BCUT2D eigenvalue weighted by molar-refractivity contribution is 7.93. The van der Waals surface area contributed by atoms with E-state index in [1.807, 2.05) is 24.3 Å². The van der Waals surface area contributed by atoms with Crippen LogP contribution in [0.2, 0.25) is 5.15 Å². The Kier molecular flexibility index (Phi) is 7.21. The van der Waals surface area contributed by atoms with Crippen molar-refractivity contribution in [3.63, 3.8) is 0 Å². The Bertz CT molecular complexity index is 897. The molecule has 0 saturated carbocycles. The molecule has 0 unspecified atom stereocenters. The van der Waals surface area contributed by atoms with Crippen LogP contribution in [0.5, 0.6) is 0 Å². The second-order valence-electron chi connectivity index (χ2n) is 6.48. The van der Waals surface area contributed by atoms with E-state index >= 15 is 0 Å². The second kappa shape index (κ2) is 9.19. The molecular weight excluding hydrogens is 386 g/mol. The van der Waals surface area contributed by atoms with Gasteiger partial charge in [0.1, 0.15) is 5.15 Å². The topological polar surface area (TPSA) is 88.2 Å². The van der Waals surface area contributed by atoms with Crippen molar-refractivity contribution in [2.24, 2.45) is 0 Å². The molecule has 0 fully saturated rings. The van der Waals surface area contributed by atoms with Crippen LogP contribution in [0.3, 0.4) is 0 Å². The number of benzene rings is 1. The number of aryl methyl sites for hydroxylation is 1. The third-order valence-corrected chi connectivity index (χ3v) is 5.93. The number of nitrogens with one attached hydrogen (secondary N) is 2. The van der Waals surface area contributed by atoms with Gasteiger partial charge in [-0.15, -0.1) is 0 Å². The first kappa shape index (κ1) is 21.2. The molecule has 1 heterocycles.